The molecule has 3 N–H and O–H groups in total. The van der Waals surface area contributed by atoms with E-state index in [0.29, 0.717) is 6.42 Å². The Balaban J connectivity index is 2.30. The van der Waals surface area contributed by atoms with Crippen molar-refractivity contribution in [2.24, 2.45) is 12.9 Å². The van der Waals surface area contributed by atoms with Crippen LogP contribution < -0.4 is 11.3 Å². The minimum atomic E-state index is -4.74. The van der Waals surface area contributed by atoms with Crippen LogP contribution in [0.1, 0.15) is 22.7 Å². The van der Waals surface area contributed by atoms with Crippen molar-refractivity contribution in [2.75, 3.05) is 0 Å². The average molecular weight is 302 g/mol. The van der Waals surface area contributed by atoms with Crippen LogP contribution in [-0.2, 0) is 19.6 Å². The quantitative estimate of drug-likeness (QED) is 0.518. The summed E-state index contributed by atoms with van der Waals surface area (Å²) in [6.45, 7) is 0. The highest BCUT2D eigenvalue weighted by Crippen LogP contribution is 2.33. The molecule has 4 nitrogen and oxygen atoms in total. The van der Waals surface area contributed by atoms with Crippen LogP contribution in [0, 0.1) is 5.82 Å². The molecule has 1 aromatic carbocycles. The molecule has 0 amide bonds. The maximum atomic E-state index is 13.3. The summed E-state index contributed by atoms with van der Waals surface area (Å²) in [6, 6.07) is 2.28. The van der Waals surface area contributed by atoms with E-state index in [2.05, 4.69) is 10.5 Å². The van der Waals surface area contributed by atoms with E-state index in [4.69, 9.17) is 5.84 Å². The van der Waals surface area contributed by atoms with E-state index >= 15 is 0 Å². The lowest BCUT2D eigenvalue weighted by Crippen LogP contribution is -2.29. The van der Waals surface area contributed by atoms with E-state index in [1.807, 2.05) is 0 Å². The van der Waals surface area contributed by atoms with Crippen LogP contribution in [-0.4, -0.2) is 9.78 Å². The first-order chi connectivity index (χ1) is 9.81. The summed E-state index contributed by atoms with van der Waals surface area (Å²) < 4.78 is 53.0. The van der Waals surface area contributed by atoms with E-state index in [1.165, 1.54) is 6.07 Å². The Morgan fingerprint density at radius 1 is 1.38 bits per heavy atom. The largest absolute Gasteiger partial charge is 0.419 e. The first-order valence-corrected chi connectivity index (χ1v) is 6.11. The van der Waals surface area contributed by atoms with E-state index in [0.717, 1.165) is 17.7 Å². The minimum absolute atomic E-state index is 0.259. The fourth-order valence-corrected chi connectivity index (χ4v) is 2.06. The van der Waals surface area contributed by atoms with Crippen molar-refractivity contribution in [3.8, 4) is 0 Å². The molecule has 1 heterocycles. The SMILES string of the molecule is Cn1cc(CC(NN)c2ccc(F)c(C(F)(F)F)c2)cn1. The van der Waals surface area contributed by atoms with Crippen molar-refractivity contribution in [1.29, 1.82) is 0 Å². The molecule has 0 fully saturated rings. The van der Waals surface area contributed by atoms with Gasteiger partial charge in [-0.05, 0) is 29.7 Å². The zero-order chi connectivity index (χ0) is 15.6. The molecule has 0 bridgehead atoms. The monoisotopic (exact) mass is 302 g/mol. The number of hydrogen-bond donors (Lipinski definition) is 2. The van der Waals surface area contributed by atoms with Gasteiger partial charge in [0.2, 0.25) is 0 Å². The minimum Gasteiger partial charge on any atom is -0.276 e. The Morgan fingerprint density at radius 3 is 2.62 bits per heavy atom. The predicted molar refractivity (Wildman–Crippen MR) is 68.4 cm³/mol. The molecule has 2 rings (SSSR count). The van der Waals surface area contributed by atoms with E-state index < -0.39 is 23.6 Å². The molecular weight excluding hydrogens is 288 g/mol. The molecule has 0 aliphatic carbocycles. The molecule has 8 heteroatoms. The molecule has 2 aromatic rings. The number of benzene rings is 1. The normalized spacial score (nSPS) is 13.4. The number of alkyl halides is 3. The van der Waals surface area contributed by atoms with Crippen LogP contribution in [0.5, 0.6) is 0 Å². The Kier molecular flexibility index (Phi) is 4.29. The number of nitrogens with one attached hydrogen (secondary N) is 1. The maximum Gasteiger partial charge on any atom is 0.419 e. The van der Waals surface area contributed by atoms with Crippen molar-refractivity contribution in [2.45, 2.75) is 18.6 Å². The third-order valence-electron chi connectivity index (χ3n) is 3.10. The topological polar surface area (TPSA) is 55.9 Å². The van der Waals surface area contributed by atoms with Crippen LogP contribution >= 0.6 is 0 Å². The van der Waals surface area contributed by atoms with Crippen LogP contribution in [0.3, 0.4) is 0 Å². The van der Waals surface area contributed by atoms with Crippen LogP contribution in [0.2, 0.25) is 0 Å². The molecule has 1 aromatic heterocycles. The third-order valence-corrected chi connectivity index (χ3v) is 3.10. The number of rotatable bonds is 4. The molecule has 0 aliphatic rings. The standard InChI is InChI=1S/C13H14F4N4/c1-21-7-8(6-19-21)4-12(20-18)9-2-3-11(14)10(5-9)13(15,16)17/h2-3,5-7,12,20H,4,18H2,1H3. The first kappa shape index (κ1) is 15.5. The Labute approximate surface area is 118 Å². The van der Waals surface area contributed by atoms with Crippen LogP contribution in [0.4, 0.5) is 17.6 Å². The van der Waals surface area contributed by atoms with Gasteiger partial charge in [-0.2, -0.15) is 18.3 Å². The van der Waals surface area contributed by atoms with Gasteiger partial charge in [0.05, 0.1) is 17.8 Å². The van der Waals surface area contributed by atoms with Crippen molar-refractivity contribution in [1.82, 2.24) is 15.2 Å². The van der Waals surface area contributed by atoms with E-state index in [9.17, 15) is 17.6 Å². The number of nitrogens with two attached hydrogens (primary N) is 1. The van der Waals surface area contributed by atoms with Crippen LogP contribution in [0.25, 0.3) is 0 Å². The molecule has 114 valence electrons. The van der Waals surface area contributed by atoms with Gasteiger partial charge in [0.15, 0.2) is 0 Å². The average Bonchev–Trinajstić information content (AvgIpc) is 2.81. The number of hydrogen-bond acceptors (Lipinski definition) is 3. The van der Waals surface area contributed by atoms with E-state index in [-0.39, 0.29) is 5.56 Å². The highest BCUT2D eigenvalue weighted by atomic mass is 19.4. The van der Waals surface area contributed by atoms with Gasteiger partial charge in [-0.3, -0.25) is 16.0 Å². The van der Waals surface area contributed by atoms with Gasteiger partial charge in [0.1, 0.15) is 5.82 Å². The Hall–Kier alpha value is -1.93. The van der Waals surface area contributed by atoms with E-state index in [1.54, 1.807) is 24.1 Å². The second-order valence-corrected chi connectivity index (χ2v) is 4.68. The van der Waals surface area contributed by atoms with Gasteiger partial charge >= 0.3 is 6.18 Å². The summed E-state index contributed by atoms with van der Waals surface area (Å²) >= 11 is 0. The summed E-state index contributed by atoms with van der Waals surface area (Å²) in [7, 11) is 1.73. The number of nitrogens with zero attached hydrogens (tertiary/aromatic N) is 2. The second-order valence-electron chi connectivity index (χ2n) is 4.68. The zero-order valence-corrected chi connectivity index (χ0v) is 11.2. The smallest absolute Gasteiger partial charge is 0.276 e. The molecule has 0 aliphatic heterocycles. The molecule has 1 unspecified atom stereocenters. The maximum absolute atomic E-state index is 13.3. The molecule has 0 saturated carbocycles. The zero-order valence-electron chi connectivity index (χ0n) is 11.2. The number of halogens is 4. The fraction of sp³-hybridized carbons (Fsp3) is 0.308. The lowest BCUT2D eigenvalue weighted by Gasteiger charge is -2.17. The first-order valence-electron chi connectivity index (χ1n) is 6.11. The number of aromatic nitrogens is 2. The lowest BCUT2D eigenvalue weighted by molar-refractivity contribution is -0.140. The predicted octanol–water partition coefficient (Wildman–Crippen LogP) is 2.33. The molecule has 1 atom stereocenters. The highest BCUT2D eigenvalue weighted by Gasteiger charge is 2.34. The second kappa shape index (κ2) is 5.82. The van der Waals surface area contributed by atoms with Gasteiger partial charge in [0.25, 0.3) is 0 Å². The molecule has 0 saturated heterocycles. The molecule has 0 radical (unpaired) electrons. The summed E-state index contributed by atoms with van der Waals surface area (Å²) in [4.78, 5) is 0. The number of hydrazine groups is 1. The van der Waals surface area contributed by atoms with Gasteiger partial charge in [-0.25, -0.2) is 4.39 Å². The van der Waals surface area contributed by atoms with Crippen molar-refractivity contribution in [3.05, 3.63) is 53.1 Å². The highest BCUT2D eigenvalue weighted by molar-refractivity contribution is 5.30. The molecular formula is C13H14F4N4. The molecule has 21 heavy (non-hydrogen) atoms. The van der Waals surface area contributed by atoms with Gasteiger partial charge in [-0.1, -0.05) is 6.07 Å². The van der Waals surface area contributed by atoms with Crippen molar-refractivity contribution in [3.63, 3.8) is 0 Å². The van der Waals surface area contributed by atoms with Gasteiger partial charge in [0, 0.05) is 13.2 Å². The number of aryl methyl sites for hydroxylation is 1. The van der Waals surface area contributed by atoms with Crippen molar-refractivity contribution >= 4 is 0 Å². The van der Waals surface area contributed by atoms with Gasteiger partial charge in [-0.15, -0.1) is 0 Å². The third kappa shape index (κ3) is 3.59. The fourth-order valence-electron chi connectivity index (χ4n) is 2.06. The summed E-state index contributed by atoms with van der Waals surface area (Å²) in [5.41, 5.74) is 2.21. The van der Waals surface area contributed by atoms with Crippen LogP contribution in [0.15, 0.2) is 30.6 Å². The summed E-state index contributed by atoms with van der Waals surface area (Å²) in [6.07, 6.45) is -1.07. The lowest BCUT2D eigenvalue weighted by atomic mass is 9.99. The molecule has 0 spiro atoms. The Morgan fingerprint density at radius 2 is 2.10 bits per heavy atom. The van der Waals surface area contributed by atoms with Gasteiger partial charge < -0.3 is 0 Å². The summed E-state index contributed by atoms with van der Waals surface area (Å²) in [5.74, 6) is 4.10. The van der Waals surface area contributed by atoms with Crippen molar-refractivity contribution < 1.29 is 17.6 Å². The summed E-state index contributed by atoms with van der Waals surface area (Å²) in [5, 5.41) is 3.98. The Bertz CT molecular complexity index is 621.